The monoisotopic (exact) mass is 425 g/mol. The molecule has 30 heavy (non-hydrogen) atoms. The molecule has 1 saturated heterocycles. The minimum atomic E-state index is 0.183. The molecule has 1 aliphatic heterocycles. The van der Waals surface area contributed by atoms with E-state index in [1.54, 1.807) is 0 Å². The summed E-state index contributed by atoms with van der Waals surface area (Å²) in [7, 11) is 0. The molecule has 0 radical (unpaired) electrons. The van der Waals surface area contributed by atoms with E-state index >= 15 is 0 Å². The molecule has 0 aliphatic carbocycles. The van der Waals surface area contributed by atoms with Gasteiger partial charge in [0, 0.05) is 32.7 Å². The number of nitrogens with zero attached hydrogens (tertiary/aromatic N) is 2. The van der Waals surface area contributed by atoms with Crippen molar-refractivity contribution in [3.05, 3.63) is 71.3 Å². The highest BCUT2D eigenvalue weighted by molar-refractivity contribution is 7.80. The molecule has 0 saturated carbocycles. The number of benzene rings is 2. The van der Waals surface area contributed by atoms with Crippen LogP contribution in [0, 0.1) is 0 Å². The number of nitrogens with one attached hydrogen (secondary N) is 1. The van der Waals surface area contributed by atoms with Gasteiger partial charge in [-0.05, 0) is 48.7 Å². The highest BCUT2D eigenvalue weighted by Gasteiger charge is 2.15. The first-order valence-electron chi connectivity index (χ1n) is 11.1. The third-order valence-corrected chi connectivity index (χ3v) is 6.11. The molecular weight excluding hydrogens is 390 g/mol. The van der Waals surface area contributed by atoms with Crippen molar-refractivity contribution < 1.29 is 4.74 Å². The third kappa shape index (κ3) is 7.08. The van der Waals surface area contributed by atoms with Crippen LogP contribution in [0.5, 0.6) is 0 Å². The van der Waals surface area contributed by atoms with Crippen molar-refractivity contribution in [1.29, 1.82) is 0 Å². The van der Waals surface area contributed by atoms with Gasteiger partial charge in [0.1, 0.15) is 0 Å². The fourth-order valence-electron chi connectivity index (χ4n) is 3.76. The van der Waals surface area contributed by atoms with E-state index in [9.17, 15) is 0 Å². The summed E-state index contributed by atoms with van der Waals surface area (Å²) in [5.41, 5.74) is 3.92. The topological polar surface area (TPSA) is 27.7 Å². The molecule has 2 aromatic carbocycles. The summed E-state index contributed by atoms with van der Waals surface area (Å²) in [4.78, 5) is 4.80. The van der Waals surface area contributed by atoms with Gasteiger partial charge in [-0.25, -0.2) is 0 Å². The van der Waals surface area contributed by atoms with Gasteiger partial charge in [0.2, 0.25) is 0 Å². The van der Waals surface area contributed by atoms with Crippen LogP contribution in [0.3, 0.4) is 0 Å². The van der Waals surface area contributed by atoms with E-state index in [1.807, 2.05) is 6.07 Å². The minimum absolute atomic E-state index is 0.183. The van der Waals surface area contributed by atoms with Crippen LogP contribution in [-0.4, -0.2) is 54.3 Å². The molecule has 3 rings (SSSR count). The predicted octanol–water partition coefficient (Wildman–Crippen LogP) is 4.41. The molecular formula is C25H35N3OS. The zero-order chi connectivity index (χ0) is 21.2. The molecule has 1 fully saturated rings. The van der Waals surface area contributed by atoms with Gasteiger partial charge >= 0.3 is 0 Å². The van der Waals surface area contributed by atoms with Crippen molar-refractivity contribution in [2.24, 2.45) is 0 Å². The Hall–Kier alpha value is -1.95. The zero-order valence-electron chi connectivity index (χ0n) is 18.3. The second-order valence-electron chi connectivity index (χ2n) is 7.98. The average Bonchev–Trinajstić information content (AvgIpc) is 2.80. The molecule has 4 nitrogen and oxygen atoms in total. The fourth-order valence-corrected chi connectivity index (χ4v) is 4.10. The quantitative estimate of drug-likeness (QED) is 0.601. The van der Waals surface area contributed by atoms with Crippen molar-refractivity contribution in [2.75, 3.05) is 39.4 Å². The Balaban J connectivity index is 1.61. The Bertz CT molecular complexity index is 760. The molecule has 5 heteroatoms. The Morgan fingerprint density at radius 2 is 1.73 bits per heavy atom. The van der Waals surface area contributed by atoms with Gasteiger partial charge in [0.15, 0.2) is 5.11 Å². The molecule has 162 valence electrons. The van der Waals surface area contributed by atoms with Crippen molar-refractivity contribution in [3.8, 4) is 0 Å². The third-order valence-electron chi connectivity index (χ3n) is 5.74. The van der Waals surface area contributed by atoms with Gasteiger partial charge in [0.25, 0.3) is 0 Å². The second-order valence-corrected chi connectivity index (χ2v) is 8.37. The number of morpholine rings is 1. The van der Waals surface area contributed by atoms with Gasteiger partial charge in [0.05, 0.1) is 19.3 Å². The second kappa shape index (κ2) is 12.0. The zero-order valence-corrected chi connectivity index (χ0v) is 19.2. The summed E-state index contributed by atoms with van der Waals surface area (Å²) in [6.07, 6.45) is 2.16. The summed E-state index contributed by atoms with van der Waals surface area (Å²) in [6, 6.07) is 19.6. The van der Waals surface area contributed by atoms with Crippen LogP contribution in [-0.2, 0) is 17.7 Å². The molecule has 0 spiro atoms. The molecule has 0 bridgehead atoms. The maximum atomic E-state index is 5.85. The van der Waals surface area contributed by atoms with Crippen LogP contribution in [0.2, 0.25) is 0 Å². The largest absolute Gasteiger partial charge is 0.379 e. The van der Waals surface area contributed by atoms with Crippen LogP contribution in [0.1, 0.15) is 43.0 Å². The van der Waals surface area contributed by atoms with Gasteiger partial charge in [-0.2, -0.15) is 0 Å². The van der Waals surface area contributed by atoms with E-state index in [2.05, 4.69) is 77.5 Å². The van der Waals surface area contributed by atoms with Crippen molar-refractivity contribution in [3.63, 3.8) is 0 Å². The van der Waals surface area contributed by atoms with Crippen LogP contribution >= 0.6 is 12.2 Å². The number of hydrogen-bond acceptors (Lipinski definition) is 3. The molecule has 2 aromatic rings. The van der Waals surface area contributed by atoms with E-state index in [0.717, 1.165) is 63.9 Å². The molecule has 1 N–H and O–H groups in total. The number of aryl methyl sites for hydroxylation is 1. The predicted molar refractivity (Wildman–Crippen MR) is 129 cm³/mol. The standard InChI is InChI=1S/C25H35N3OS/c1-3-22-10-12-23(13-11-22)20-28(15-7-14-27-16-18-29-19-17-27)25(30)26-21(2)24-8-5-4-6-9-24/h4-6,8-13,21H,3,7,14-20H2,1-2H3,(H,26,30). The first-order chi connectivity index (χ1) is 14.7. The molecule has 1 heterocycles. The summed E-state index contributed by atoms with van der Waals surface area (Å²) >= 11 is 5.85. The normalized spacial score (nSPS) is 15.5. The number of thiocarbonyl (C=S) groups is 1. The van der Waals surface area contributed by atoms with Gasteiger partial charge < -0.3 is 15.0 Å². The lowest BCUT2D eigenvalue weighted by molar-refractivity contribution is 0.0367. The lowest BCUT2D eigenvalue weighted by atomic mass is 10.1. The Morgan fingerprint density at radius 3 is 2.40 bits per heavy atom. The first-order valence-corrected chi connectivity index (χ1v) is 11.5. The molecule has 1 unspecified atom stereocenters. The highest BCUT2D eigenvalue weighted by Crippen LogP contribution is 2.14. The number of rotatable bonds is 9. The van der Waals surface area contributed by atoms with Crippen LogP contribution in [0.15, 0.2) is 54.6 Å². The van der Waals surface area contributed by atoms with Crippen LogP contribution in [0.4, 0.5) is 0 Å². The van der Waals surface area contributed by atoms with Crippen molar-refractivity contribution in [1.82, 2.24) is 15.1 Å². The molecule has 0 amide bonds. The van der Waals surface area contributed by atoms with E-state index < -0.39 is 0 Å². The van der Waals surface area contributed by atoms with Gasteiger partial charge in [-0.1, -0.05) is 61.5 Å². The van der Waals surface area contributed by atoms with E-state index in [1.165, 1.54) is 16.7 Å². The molecule has 0 aromatic heterocycles. The number of ether oxygens (including phenoxy) is 1. The van der Waals surface area contributed by atoms with E-state index in [-0.39, 0.29) is 6.04 Å². The lowest BCUT2D eigenvalue weighted by Gasteiger charge is -2.31. The van der Waals surface area contributed by atoms with Gasteiger partial charge in [-0.15, -0.1) is 0 Å². The van der Waals surface area contributed by atoms with Crippen LogP contribution < -0.4 is 5.32 Å². The SMILES string of the molecule is CCc1ccc(CN(CCCN2CCOCC2)C(=S)NC(C)c2ccccc2)cc1. The summed E-state index contributed by atoms with van der Waals surface area (Å²) in [5, 5.41) is 4.38. The maximum Gasteiger partial charge on any atom is 0.169 e. The Morgan fingerprint density at radius 1 is 1.07 bits per heavy atom. The lowest BCUT2D eigenvalue weighted by Crippen LogP contribution is -2.42. The Labute approximate surface area is 187 Å². The fraction of sp³-hybridized carbons (Fsp3) is 0.480. The number of hydrogen-bond donors (Lipinski definition) is 1. The average molecular weight is 426 g/mol. The van der Waals surface area contributed by atoms with Crippen LogP contribution in [0.25, 0.3) is 0 Å². The summed E-state index contributed by atoms with van der Waals surface area (Å²) in [6.45, 7) is 11.0. The smallest absolute Gasteiger partial charge is 0.169 e. The summed E-state index contributed by atoms with van der Waals surface area (Å²) in [5.74, 6) is 0. The first kappa shape index (κ1) is 22.7. The molecule has 1 aliphatic rings. The van der Waals surface area contributed by atoms with Crippen molar-refractivity contribution in [2.45, 2.75) is 39.3 Å². The Kier molecular flexibility index (Phi) is 9.12. The minimum Gasteiger partial charge on any atom is -0.379 e. The van der Waals surface area contributed by atoms with E-state index in [0.29, 0.717) is 0 Å². The molecule has 1 atom stereocenters. The summed E-state index contributed by atoms with van der Waals surface area (Å²) < 4.78 is 5.47. The highest BCUT2D eigenvalue weighted by atomic mass is 32.1. The van der Waals surface area contributed by atoms with Gasteiger partial charge in [-0.3, -0.25) is 4.90 Å². The van der Waals surface area contributed by atoms with E-state index in [4.69, 9.17) is 17.0 Å². The van der Waals surface area contributed by atoms with Crippen molar-refractivity contribution >= 4 is 17.3 Å². The maximum absolute atomic E-state index is 5.85.